The van der Waals surface area contributed by atoms with E-state index >= 15 is 0 Å². The van der Waals surface area contributed by atoms with E-state index in [1.165, 1.54) is 12.8 Å². The highest BCUT2D eigenvalue weighted by Gasteiger charge is 2.33. The van der Waals surface area contributed by atoms with Gasteiger partial charge in [-0.25, -0.2) is 0 Å². The van der Waals surface area contributed by atoms with Crippen LogP contribution in [0.5, 0.6) is 0 Å². The molecular formula is C12H26N2O. The fourth-order valence-corrected chi connectivity index (χ4v) is 1.93. The Hall–Kier alpha value is -0.120. The molecule has 15 heavy (non-hydrogen) atoms. The van der Waals surface area contributed by atoms with Crippen LogP contribution in [0.25, 0.3) is 0 Å². The maximum atomic E-state index is 5.81. The summed E-state index contributed by atoms with van der Waals surface area (Å²) in [5.41, 5.74) is 5.80. The van der Waals surface area contributed by atoms with Crippen molar-refractivity contribution in [2.75, 3.05) is 27.2 Å². The van der Waals surface area contributed by atoms with Gasteiger partial charge in [0.05, 0.1) is 5.60 Å². The zero-order valence-corrected chi connectivity index (χ0v) is 10.6. The van der Waals surface area contributed by atoms with Crippen LogP contribution in [0.1, 0.15) is 33.1 Å². The Labute approximate surface area is 94.0 Å². The Morgan fingerprint density at radius 2 is 2.07 bits per heavy atom. The summed E-state index contributed by atoms with van der Waals surface area (Å²) in [5, 5.41) is 0. The van der Waals surface area contributed by atoms with E-state index < -0.39 is 0 Å². The minimum atomic E-state index is -0.0169. The highest BCUT2D eigenvalue weighted by atomic mass is 16.5. The normalized spacial score (nSPS) is 19.6. The quantitative estimate of drug-likeness (QED) is 0.697. The minimum Gasteiger partial charge on any atom is -0.379 e. The number of nitrogens with zero attached hydrogens (tertiary/aromatic N) is 1. The van der Waals surface area contributed by atoms with Crippen LogP contribution < -0.4 is 5.73 Å². The molecule has 1 unspecified atom stereocenters. The van der Waals surface area contributed by atoms with Crippen LogP contribution in [0.4, 0.5) is 0 Å². The van der Waals surface area contributed by atoms with Gasteiger partial charge in [0.25, 0.3) is 0 Å². The molecule has 1 aliphatic carbocycles. The Bertz CT molecular complexity index is 190. The Balaban J connectivity index is 2.30. The molecule has 0 saturated heterocycles. The number of nitrogens with two attached hydrogens (primary N) is 1. The largest absolute Gasteiger partial charge is 0.379 e. The van der Waals surface area contributed by atoms with Crippen molar-refractivity contribution < 1.29 is 4.74 Å². The number of hydrogen-bond donors (Lipinski definition) is 1. The smallest absolute Gasteiger partial charge is 0.0634 e. The Morgan fingerprint density at radius 1 is 1.47 bits per heavy atom. The van der Waals surface area contributed by atoms with Gasteiger partial charge < -0.3 is 15.4 Å². The maximum Gasteiger partial charge on any atom is 0.0634 e. The van der Waals surface area contributed by atoms with Crippen LogP contribution in [-0.2, 0) is 4.74 Å². The van der Waals surface area contributed by atoms with E-state index in [9.17, 15) is 0 Å². The molecule has 0 heterocycles. The molecule has 90 valence electrons. The predicted molar refractivity (Wildman–Crippen MR) is 63.9 cm³/mol. The molecule has 1 aliphatic rings. The van der Waals surface area contributed by atoms with Gasteiger partial charge in [0.2, 0.25) is 0 Å². The molecule has 1 fully saturated rings. The number of ether oxygens (including phenoxy) is 1. The lowest BCUT2D eigenvalue weighted by atomic mass is 10.0. The topological polar surface area (TPSA) is 38.5 Å². The fourth-order valence-electron chi connectivity index (χ4n) is 1.93. The molecule has 0 bridgehead atoms. The minimum absolute atomic E-state index is 0.0169. The van der Waals surface area contributed by atoms with Crippen molar-refractivity contribution >= 4 is 0 Å². The second kappa shape index (κ2) is 5.28. The summed E-state index contributed by atoms with van der Waals surface area (Å²) < 4.78 is 5.42. The van der Waals surface area contributed by atoms with Crippen molar-refractivity contribution in [3.8, 4) is 0 Å². The molecule has 0 radical (unpaired) electrons. The Kier molecular flexibility index (Phi) is 4.56. The summed E-state index contributed by atoms with van der Waals surface area (Å²) in [7, 11) is 3.96. The predicted octanol–water partition coefficient (Wildman–Crippen LogP) is 1.47. The molecule has 2 N–H and O–H groups in total. The van der Waals surface area contributed by atoms with Crippen molar-refractivity contribution in [1.29, 1.82) is 0 Å². The van der Waals surface area contributed by atoms with Crippen molar-refractivity contribution in [2.24, 2.45) is 11.7 Å². The zero-order valence-electron chi connectivity index (χ0n) is 10.6. The van der Waals surface area contributed by atoms with Gasteiger partial charge in [0, 0.05) is 26.2 Å². The van der Waals surface area contributed by atoms with Gasteiger partial charge in [-0.05, 0) is 46.1 Å². The van der Waals surface area contributed by atoms with Gasteiger partial charge in [-0.1, -0.05) is 0 Å². The Morgan fingerprint density at radius 3 is 2.47 bits per heavy atom. The van der Waals surface area contributed by atoms with Gasteiger partial charge in [0.1, 0.15) is 0 Å². The summed E-state index contributed by atoms with van der Waals surface area (Å²) in [5.74, 6) is 0.852. The second-order valence-corrected chi connectivity index (χ2v) is 5.33. The van der Waals surface area contributed by atoms with E-state index in [0.29, 0.717) is 6.04 Å². The first kappa shape index (κ1) is 12.9. The lowest BCUT2D eigenvalue weighted by molar-refractivity contribution is 0.00588. The molecule has 1 rings (SSSR count). The first-order valence-corrected chi connectivity index (χ1v) is 5.95. The summed E-state index contributed by atoms with van der Waals surface area (Å²) in [4.78, 5) is 2.40. The molecule has 0 aromatic carbocycles. The average Bonchev–Trinajstić information content (AvgIpc) is 3.00. The maximum absolute atomic E-state index is 5.81. The zero-order chi connectivity index (χ0) is 11.5. The molecule has 0 aromatic heterocycles. The molecular weight excluding hydrogens is 188 g/mol. The molecule has 0 spiro atoms. The number of rotatable bonds is 7. The van der Waals surface area contributed by atoms with Crippen molar-refractivity contribution in [3.63, 3.8) is 0 Å². The van der Waals surface area contributed by atoms with Crippen LogP contribution in [0.3, 0.4) is 0 Å². The molecule has 0 amide bonds. The van der Waals surface area contributed by atoms with Crippen LogP contribution >= 0.6 is 0 Å². The number of methoxy groups -OCH3 is 1. The summed E-state index contributed by atoms with van der Waals surface area (Å²) >= 11 is 0. The van der Waals surface area contributed by atoms with Crippen molar-refractivity contribution in [1.82, 2.24) is 4.90 Å². The first-order valence-electron chi connectivity index (χ1n) is 5.95. The van der Waals surface area contributed by atoms with Crippen LogP contribution in [-0.4, -0.2) is 43.8 Å². The van der Waals surface area contributed by atoms with Gasteiger partial charge in [-0.15, -0.1) is 0 Å². The van der Waals surface area contributed by atoms with E-state index in [-0.39, 0.29) is 5.60 Å². The SMILES string of the molecule is COC(C)(C)CCN(C)C(CN)C1CC1. The second-order valence-electron chi connectivity index (χ2n) is 5.33. The van der Waals surface area contributed by atoms with E-state index in [1.807, 2.05) is 0 Å². The number of hydrogen-bond acceptors (Lipinski definition) is 3. The van der Waals surface area contributed by atoms with Crippen LogP contribution in [0.15, 0.2) is 0 Å². The summed E-state index contributed by atoms with van der Waals surface area (Å²) in [6.45, 7) is 6.12. The highest BCUT2D eigenvalue weighted by Crippen LogP contribution is 2.34. The third-order valence-corrected chi connectivity index (χ3v) is 3.59. The van der Waals surface area contributed by atoms with Gasteiger partial charge in [0.15, 0.2) is 0 Å². The molecule has 1 atom stereocenters. The summed E-state index contributed by atoms with van der Waals surface area (Å²) in [6, 6.07) is 0.581. The van der Waals surface area contributed by atoms with E-state index in [0.717, 1.165) is 25.4 Å². The highest BCUT2D eigenvalue weighted by molar-refractivity contribution is 4.88. The average molecular weight is 214 g/mol. The van der Waals surface area contributed by atoms with Crippen LogP contribution in [0, 0.1) is 5.92 Å². The third kappa shape index (κ3) is 4.09. The van der Waals surface area contributed by atoms with E-state index in [1.54, 1.807) is 7.11 Å². The van der Waals surface area contributed by atoms with E-state index in [4.69, 9.17) is 10.5 Å². The molecule has 3 heteroatoms. The van der Waals surface area contributed by atoms with Crippen LogP contribution in [0.2, 0.25) is 0 Å². The lowest BCUT2D eigenvalue weighted by Gasteiger charge is -2.31. The molecule has 1 saturated carbocycles. The summed E-state index contributed by atoms with van der Waals surface area (Å²) in [6.07, 6.45) is 3.78. The standard InChI is InChI=1S/C12H26N2O/c1-12(2,15-4)7-8-14(3)11(9-13)10-5-6-10/h10-11H,5-9,13H2,1-4H3. The fraction of sp³-hybridized carbons (Fsp3) is 1.00. The van der Waals surface area contributed by atoms with Gasteiger partial charge in [-0.2, -0.15) is 0 Å². The van der Waals surface area contributed by atoms with Gasteiger partial charge >= 0.3 is 0 Å². The van der Waals surface area contributed by atoms with Crippen molar-refractivity contribution in [3.05, 3.63) is 0 Å². The number of likely N-dealkylation sites (N-methyl/N-ethyl adjacent to an activating group) is 1. The van der Waals surface area contributed by atoms with Gasteiger partial charge in [-0.3, -0.25) is 0 Å². The molecule has 3 nitrogen and oxygen atoms in total. The lowest BCUT2D eigenvalue weighted by Crippen LogP contribution is -2.42. The first-order chi connectivity index (χ1) is 7.00. The third-order valence-electron chi connectivity index (χ3n) is 3.59. The molecule has 0 aromatic rings. The van der Waals surface area contributed by atoms with Crippen molar-refractivity contribution in [2.45, 2.75) is 44.8 Å². The monoisotopic (exact) mass is 214 g/mol. The molecule has 0 aliphatic heterocycles. The van der Waals surface area contributed by atoms with E-state index in [2.05, 4.69) is 25.8 Å².